The number of benzene rings is 1. The highest BCUT2D eigenvalue weighted by molar-refractivity contribution is 5.31. The van der Waals surface area contributed by atoms with E-state index in [1.807, 2.05) is 0 Å². The molecule has 0 spiro atoms. The van der Waals surface area contributed by atoms with Crippen molar-refractivity contribution in [2.24, 2.45) is 5.92 Å². The summed E-state index contributed by atoms with van der Waals surface area (Å²) >= 11 is 0. The second-order valence-corrected chi connectivity index (χ2v) is 5.39. The Bertz CT molecular complexity index is 313. The third kappa shape index (κ3) is 3.26. The molecule has 16 heavy (non-hydrogen) atoms. The average molecular weight is 220 g/mol. The Kier molecular flexibility index (Phi) is 4.40. The lowest BCUT2D eigenvalue weighted by atomic mass is 9.75. The molecule has 1 atom stereocenters. The van der Waals surface area contributed by atoms with Crippen molar-refractivity contribution in [2.75, 3.05) is 0 Å². The zero-order valence-electron chi connectivity index (χ0n) is 11.0. The normalized spacial score (nSPS) is 15.1. The molecule has 1 nitrogen and oxygen atoms in total. The number of phenolic OH excluding ortho intramolecular Hbond substituents is 1. The van der Waals surface area contributed by atoms with Gasteiger partial charge in [-0.25, -0.2) is 0 Å². The molecule has 90 valence electrons. The second-order valence-electron chi connectivity index (χ2n) is 5.39. The van der Waals surface area contributed by atoms with E-state index in [0.29, 0.717) is 5.75 Å². The van der Waals surface area contributed by atoms with Gasteiger partial charge in [-0.2, -0.15) is 0 Å². The molecule has 0 saturated carbocycles. The first-order chi connectivity index (χ1) is 7.48. The predicted octanol–water partition coefficient (Wildman–Crippen LogP) is 4.50. The van der Waals surface area contributed by atoms with E-state index in [1.54, 1.807) is 12.1 Å². The van der Waals surface area contributed by atoms with Crippen LogP contribution in [0.2, 0.25) is 0 Å². The third-order valence-electron chi connectivity index (χ3n) is 3.62. The topological polar surface area (TPSA) is 20.2 Å². The molecule has 0 radical (unpaired) electrons. The molecule has 0 unspecified atom stereocenters. The quantitative estimate of drug-likeness (QED) is 0.774. The van der Waals surface area contributed by atoms with E-state index < -0.39 is 0 Å². The Labute approximate surface area is 99.5 Å². The molecule has 1 N–H and O–H groups in total. The van der Waals surface area contributed by atoms with Crippen LogP contribution in [0.3, 0.4) is 0 Å². The van der Waals surface area contributed by atoms with Gasteiger partial charge in [-0.15, -0.1) is 0 Å². The van der Waals surface area contributed by atoms with Crippen molar-refractivity contribution in [3.8, 4) is 5.75 Å². The van der Waals surface area contributed by atoms with Gasteiger partial charge in [0, 0.05) is 0 Å². The highest BCUT2D eigenvalue weighted by Gasteiger charge is 2.24. The lowest BCUT2D eigenvalue weighted by molar-refractivity contribution is 0.373. The second kappa shape index (κ2) is 5.38. The molecule has 0 aliphatic heterocycles. The minimum Gasteiger partial charge on any atom is -0.508 e. The molecule has 1 aromatic rings. The predicted molar refractivity (Wildman–Crippen MR) is 69.8 cm³/mol. The van der Waals surface area contributed by atoms with Gasteiger partial charge >= 0.3 is 0 Å². The standard InChI is InChI=1S/C15H24O/c1-5-15(4,11-10-12(2)3)13-6-8-14(16)9-7-13/h6-9,12,16H,5,10-11H2,1-4H3/t15-/m1/s1. The molecule has 0 heterocycles. The molecule has 0 aromatic heterocycles. The van der Waals surface area contributed by atoms with Gasteiger partial charge in [-0.3, -0.25) is 0 Å². The van der Waals surface area contributed by atoms with Gasteiger partial charge in [0.2, 0.25) is 0 Å². The summed E-state index contributed by atoms with van der Waals surface area (Å²) in [4.78, 5) is 0. The molecule has 0 fully saturated rings. The fourth-order valence-electron chi connectivity index (χ4n) is 2.00. The van der Waals surface area contributed by atoms with Crippen LogP contribution in [0.1, 0.15) is 52.5 Å². The summed E-state index contributed by atoms with van der Waals surface area (Å²) in [6, 6.07) is 7.69. The molecule has 0 saturated heterocycles. The summed E-state index contributed by atoms with van der Waals surface area (Å²) in [5, 5.41) is 9.31. The fraction of sp³-hybridized carbons (Fsp3) is 0.600. The van der Waals surface area contributed by atoms with E-state index in [4.69, 9.17) is 0 Å². The van der Waals surface area contributed by atoms with Crippen molar-refractivity contribution in [3.63, 3.8) is 0 Å². The zero-order valence-corrected chi connectivity index (χ0v) is 11.0. The Morgan fingerprint density at radius 1 is 1.19 bits per heavy atom. The van der Waals surface area contributed by atoms with E-state index in [2.05, 4.69) is 39.8 Å². The van der Waals surface area contributed by atoms with Crippen molar-refractivity contribution in [1.82, 2.24) is 0 Å². The Hall–Kier alpha value is -0.980. The average Bonchev–Trinajstić information content (AvgIpc) is 2.27. The van der Waals surface area contributed by atoms with E-state index in [1.165, 1.54) is 18.4 Å². The Morgan fingerprint density at radius 3 is 2.19 bits per heavy atom. The van der Waals surface area contributed by atoms with Gasteiger partial charge in [-0.1, -0.05) is 46.2 Å². The van der Waals surface area contributed by atoms with Crippen LogP contribution in [-0.2, 0) is 5.41 Å². The first-order valence-electron chi connectivity index (χ1n) is 6.27. The molecular weight excluding hydrogens is 196 g/mol. The number of hydrogen-bond acceptors (Lipinski definition) is 1. The fourth-order valence-corrected chi connectivity index (χ4v) is 2.00. The number of rotatable bonds is 5. The highest BCUT2D eigenvalue weighted by atomic mass is 16.3. The molecule has 1 rings (SSSR count). The third-order valence-corrected chi connectivity index (χ3v) is 3.62. The van der Waals surface area contributed by atoms with Gasteiger partial charge in [0.25, 0.3) is 0 Å². The number of aromatic hydroxyl groups is 1. The molecule has 0 aliphatic rings. The molecule has 0 aliphatic carbocycles. The lowest BCUT2D eigenvalue weighted by Gasteiger charge is -2.30. The van der Waals surface area contributed by atoms with E-state index >= 15 is 0 Å². The van der Waals surface area contributed by atoms with E-state index in [-0.39, 0.29) is 5.41 Å². The van der Waals surface area contributed by atoms with E-state index in [0.717, 1.165) is 12.3 Å². The maximum atomic E-state index is 9.31. The summed E-state index contributed by atoms with van der Waals surface area (Å²) in [6.07, 6.45) is 3.61. The summed E-state index contributed by atoms with van der Waals surface area (Å²) in [5.74, 6) is 1.11. The number of phenols is 1. The molecule has 0 amide bonds. The van der Waals surface area contributed by atoms with Gasteiger partial charge in [0.05, 0.1) is 0 Å². The van der Waals surface area contributed by atoms with Crippen LogP contribution in [0.15, 0.2) is 24.3 Å². The minimum atomic E-state index is 0.248. The summed E-state index contributed by atoms with van der Waals surface area (Å²) in [6.45, 7) is 9.11. The SMILES string of the molecule is CC[C@](C)(CCC(C)C)c1ccc(O)cc1. The molecular formula is C15H24O. The van der Waals surface area contributed by atoms with Gasteiger partial charge in [0.1, 0.15) is 5.75 Å². The van der Waals surface area contributed by atoms with Gasteiger partial charge in [0.15, 0.2) is 0 Å². The maximum absolute atomic E-state index is 9.31. The van der Waals surface area contributed by atoms with Crippen LogP contribution >= 0.6 is 0 Å². The van der Waals surface area contributed by atoms with Gasteiger partial charge < -0.3 is 5.11 Å². The Balaban J connectivity index is 2.82. The zero-order chi connectivity index (χ0) is 12.2. The molecule has 1 heteroatoms. The van der Waals surface area contributed by atoms with Crippen molar-refractivity contribution in [1.29, 1.82) is 0 Å². The van der Waals surface area contributed by atoms with Crippen LogP contribution in [0.4, 0.5) is 0 Å². The summed E-state index contributed by atoms with van der Waals surface area (Å²) in [5.41, 5.74) is 1.59. The number of hydrogen-bond donors (Lipinski definition) is 1. The first kappa shape index (κ1) is 13.1. The molecule has 1 aromatic carbocycles. The largest absolute Gasteiger partial charge is 0.508 e. The summed E-state index contributed by atoms with van der Waals surface area (Å²) < 4.78 is 0. The van der Waals surface area contributed by atoms with Crippen LogP contribution in [-0.4, -0.2) is 5.11 Å². The summed E-state index contributed by atoms with van der Waals surface area (Å²) in [7, 11) is 0. The lowest BCUT2D eigenvalue weighted by Crippen LogP contribution is -2.21. The first-order valence-corrected chi connectivity index (χ1v) is 6.27. The van der Waals surface area contributed by atoms with Crippen molar-refractivity contribution >= 4 is 0 Å². The monoisotopic (exact) mass is 220 g/mol. The highest BCUT2D eigenvalue weighted by Crippen LogP contribution is 2.34. The van der Waals surface area contributed by atoms with E-state index in [9.17, 15) is 5.11 Å². The molecule has 0 bridgehead atoms. The Morgan fingerprint density at radius 2 is 1.75 bits per heavy atom. The van der Waals surface area contributed by atoms with Crippen LogP contribution in [0, 0.1) is 5.92 Å². The van der Waals surface area contributed by atoms with Crippen LogP contribution in [0.25, 0.3) is 0 Å². The van der Waals surface area contributed by atoms with Crippen molar-refractivity contribution in [3.05, 3.63) is 29.8 Å². The minimum absolute atomic E-state index is 0.248. The maximum Gasteiger partial charge on any atom is 0.115 e. The van der Waals surface area contributed by atoms with Crippen molar-refractivity contribution < 1.29 is 5.11 Å². The van der Waals surface area contributed by atoms with Crippen molar-refractivity contribution in [2.45, 2.75) is 52.4 Å². The van der Waals surface area contributed by atoms with Gasteiger partial charge in [-0.05, 0) is 41.9 Å². The smallest absolute Gasteiger partial charge is 0.115 e. The van der Waals surface area contributed by atoms with Crippen LogP contribution < -0.4 is 0 Å². The van der Waals surface area contributed by atoms with Crippen LogP contribution in [0.5, 0.6) is 5.75 Å².